The molecule has 1 amide bonds. The minimum absolute atomic E-state index is 0.381. The minimum Gasteiger partial charge on any atom is -0.444 e. The van der Waals surface area contributed by atoms with Crippen LogP contribution >= 0.6 is 0 Å². The first-order valence-corrected chi connectivity index (χ1v) is 5.88. The molecule has 96 valence electrons. The summed E-state index contributed by atoms with van der Waals surface area (Å²) in [5.41, 5.74) is 0.608. The Bertz CT molecular complexity index is 366. The third-order valence-electron chi connectivity index (χ3n) is 2.09. The number of carbonyl (C=O) groups is 1. The van der Waals surface area contributed by atoms with E-state index in [1.54, 1.807) is 6.33 Å². The summed E-state index contributed by atoms with van der Waals surface area (Å²) in [6.45, 7) is 8.83. The zero-order valence-electron chi connectivity index (χ0n) is 11.0. The highest BCUT2D eigenvalue weighted by Crippen LogP contribution is 2.06. The standard InChI is InChI=1S/C12H21N3O2/c1-5-10-8-15(9-14-10)7-6-13-11(16)17-12(2,3)4/h8-9H,5-7H2,1-4H3,(H,13,16). The van der Waals surface area contributed by atoms with Crippen LogP contribution in [0.4, 0.5) is 4.79 Å². The molecule has 0 bridgehead atoms. The van der Waals surface area contributed by atoms with E-state index in [4.69, 9.17) is 4.74 Å². The van der Waals surface area contributed by atoms with Gasteiger partial charge in [-0.1, -0.05) is 6.92 Å². The zero-order chi connectivity index (χ0) is 12.9. The van der Waals surface area contributed by atoms with E-state index in [9.17, 15) is 4.79 Å². The van der Waals surface area contributed by atoms with Gasteiger partial charge in [0.15, 0.2) is 0 Å². The van der Waals surface area contributed by atoms with E-state index in [-0.39, 0.29) is 6.09 Å². The summed E-state index contributed by atoms with van der Waals surface area (Å²) in [6.07, 6.45) is 4.30. The number of imidazole rings is 1. The van der Waals surface area contributed by atoms with Crippen molar-refractivity contribution in [3.63, 3.8) is 0 Å². The van der Waals surface area contributed by atoms with E-state index >= 15 is 0 Å². The number of aryl methyl sites for hydroxylation is 1. The SMILES string of the molecule is CCc1cn(CCNC(=O)OC(C)(C)C)cn1. The van der Waals surface area contributed by atoms with Gasteiger partial charge in [-0.2, -0.15) is 0 Å². The van der Waals surface area contributed by atoms with Crippen LogP contribution in [0.15, 0.2) is 12.5 Å². The average Bonchev–Trinajstić information content (AvgIpc) is 2.63. The lowest BCUT2D eigenvalue weighted by Gasteiger charge is -2.19. The Hall–Kier alpha value is -1.52. The Balaban J connectivity index is 2.26. The van der Waals surface area contributed by atoms with Crippen LogP contribution in [0.3, 0.4) is 0 Å². The van der Waals surface area contributed by atoms with E-state index in [0.717, 1.165) is 12.1 Å². The number of aromatic nitrogens is 2. The molecule has 0 atom stereocenters. The van der Waals surface area contributed by atoms with E-state index in [1.165, 1.54) is 0 Å². The molecule has 17 heavy (non-hydrogen) atoms. The molecule has 0 aromatic carbocycles. The predicted molar refractivity (Wildman–Crippen MR) is 65.8 cm³/mol. The van der Waals surface area contributed by atoms with Crippen LogP contribution < -0.4 is 5.32 Å². The molecule has 5 heteroatoms. The Morgan fingerprint density at radius 2 is 2.24 bits per heavy atom. The highest BCUT2D eigenvalue weighted by Gasteiger charge is 2.15. The van der Waals surface area contributed by atoms with Gasteiger partial charge < -0.3 is 14.6 Å². The number of alkyl carbamates (subject to hydrolysis) is 1. The third kappa shape index (κ3) is 5.38. The van der Waals surface area contributed by atoms with Crippen LogP contribution in [0.5, 0.6) is 0 Å². The highest BCUT2D eigenvalue weighted by atomic mass is 16.6. The van der Waals surface area contributed by atoms with Gasteiger partial charge in [-0.3, -0.25) is 0 Å². The van der Waals surface area contributed by atoms with Crippen LogP contribution in [0.25, 0.3) is 0 Å². The molecular weight excluding hydrogens is 218 g/mol. The van der Waals surface area contributed by atoms with Gasteiger partial charge in [-0.05, 0) is 27.2 Å². The van der Waals surface area contributed by atoms with Gasteiger partial charge in [0.05, 0.1) is 12.0 Å². The van der Waals surface area contributed by atoms with Crippen LogP contribution in [0.1, 0.15) is 33.4 Å². The van der Waals surface area contributed by atoms with Gasteiger partial charge in [0, 0.05) is 19.3 Å². The lowest BCUT2D eigenvalue weighted by molar-refractivity contribution is 0.0526. The second-order valence-corrected chi connectivity index (χ2v) is 4.89. The maximum Gasteiger partial charge on any atom is 0.407 e. The lowest BCUT2D eigenvalue weighted by Crippen LogP contribution is -2.34. The largest absolute Gasteiger partial charge is 0.444 e. The van der Waals surface area contributed by atoms with Crippen molar-refractivity contribution in [3.05, 3.63) is 18.2 Å². The van der Waals surface area contributed by atoms with E-state index in [0.29, 0.717) is 13.1 Å². The molecule has 0 aliphatic heterocycles. The first-order chi connectivity index (χ1) is 7.90. The van der Waals surface area contributed by atoms with Crippen LogP contribution in [0.2, 0.25) is 0 Å². The van der Waals surface area contributed by atoms with Crippen molar-refractivity contribution in [1.29, 1.82) is 0 Å². The van der Waals surface area contributed by atoms with Gasteiger partial charge in [-0.25, -0.2) is 9.78 Å². The summed E-state index contributed by atoms with van der Waals surface area (Å²) >= 11 is 0. The summed E-state index contributed by atoms with van der Waals surface area (Å²) in [5, 5.41) is 2.71. The molecular formula is C12H21N3O2. The smallest absolute Gasteiger partial charge is 0.407 e. The van der Waals surface area contributed by atoms with E-state index in [2.05, 4.69) is 17.2 Å². The molecule has 1 aromatic heterocycles. The van der Waals surface area contributed by atoms with Crippen LogP contribution in [0, 0.1) is 0 Å². The average molecular weight is 239 g/mol. The van der Waals surface area contributed by atoms with Crippen molar-refractivity contribution in [1.82, 2.24) is 14.9 Å². The first kappa shape index (κ1) is 13.5. The fourth-order valence-corrected chi connectivity index (χ4v) is 1.31. The van der Waals surface area contributed by atoms with Crippen molar-refractivity contribution < 1.29 is 9.53 Å². The summed E-state index contributed by atoms with van der Waals surface area (Å²) in [6, 6.07) is 0. The third-order valence-corrected chi connectivity index (χ3v) is 2.09. The van der Waals surface area contributed by atoms with Gasteiger partial charge in [-0.15, -0.1) is 0 Å². The van der Waals surface area contributed by atoms with Crippen molar-refractivity contribution in [2.24, 2.45) is 0 Å². The van der Waals surface area contributed by atoms with Crippen molar-refractivity contribution in [3.8, 4) is 0 Å². The molecule has 0 aliphatic carbocycles. The number of nitrogens with zero attached hydrogens (tertiary/aromatic N) is 2. The maximum atomic E-state index is 11.4. The Labute approximate surface area is 102 Å². The molecule has 0 fully saturated rings. The van der Waals surface area contributed by atoms with Gasteiger partial charge >= 0.3 is 6.09 Å². The zero-order valence-corrected chi connectivity index (χ0v) is 11.0. The van der Waals surface area contributed by atoms with Crippen molar-refractivity contribution >= 4 is 6.09 Å². The lowest BCUT2D eigenvalue weighted by atomic mass is 10.2. The topological polar surface area (TPSA) is 56.2 Å². The molecule has 0 unspecified atom stereocenters. The maximum absolute atomic E-state index is 11.4. The fourth-order valence-electron chi connectivity index (χ4n) is 1.31. The number of hydrogen-bond acceptors (Lipinski definition) is 3. The van der Waals surface area contributed by atoms with Crippen molar-refractivity contribution in [2.45, 2.75) is 46.3 Å². The Morgan fingerprint density at radius 3 is 2.76 bits per heavy atom. The van der Waals surface area contributed by atoms with Gasteiger partial charge in [0.2, 0.25) is 0 Å². The second kappa shape index (κ2) is 5.70. The molecule has 0 aliphatic rings. The van der Waals surface area contributed by atoms with Crippen LogP contribution in [-0.4, -0.2) is 27.8 Å². The normalized spacial score (nSPS) is 11.3. The number of nitrogens with one attached hydrogen (secondary N) is 1. The summed E-state index contributed by atoms with van der Waals surface area (Å²) in [7, 11) is 0. The van der Waals surface area contributed by atoms with E-state index < -0.39 is 5.60 Å². The van der Waals surface area contributed by atoms with Gasteiger partial charge in [0.1, 0.15) is 5.60 Å². The first-order valence-electron chi connectivity index (χ1n) is 5.88. The molecule has 1 aromatic rings. The molecule has 5 nitrogen and oxygen atoms in total. The summed E-state index contributed by atoms with van der Waals surface area (Å²) in [5.74, 6) is 0. The van der Waals surface area contributed by atoms with Crippen LogP contribution in [-0.2, 0) is 17.7 Å². The molecule has 0 spiro atoms. The summed E-state index contributed by atoms with van der Waals surface area (Å²) < 4.78 is 7.08. The molecule has 0 radical (unpaired) electrons. The highest BCUT2D eigenvalue weighted by molar-refractivity contribution is 5.67. The molecule has 1 N–H and O–H groups in total. The quantitative estimate of drug-likeness (QED) is 0.874. The molecule has 1 rings (SSSR count). The second-order valence-electron chi connectivity index (χ2n) is 4.89. The monoisotopic (exact) mass is 239 g/mol. The van der Waals surface area contributed by atoms with Gasteiger partial charge in [0.25, 0.3) is 0 Å². The number of hydrogen-bond donors (Lipinski definition) is 1. The Kier molecular flexibility index (Phi) is 4.54. The molecule has 1 heterocycles. The summed E-state index contributed by atoms with van der Waals surface area (Å²) in [4.78, 5) is 15.6. The number of ether oxygens (including phenoxy) is 1. The Morgan fingerprint density at radius 1 is 1.53 bits per heavy atom. The van der Waals surface area contributed by atoms with E-state index in [1.807, 2.05) is 31.5 Å². The minimum atomic E-state index is -0.450. The predicted octanol–water partition coefficient (Wildman–Crippen LogP) is 1.97. The number of amides is 1. The number of rotatable bonds is 4. The molecule has 0 saturated heterocycles. The fraction of sp³-hybridized carbons (Fsp3) is 0.667. The number of carbonyl (C=O) groups excluding carboxylic acids is 1. The molecule has 0 saturated carbocycles. The van der Waals surface area contributed by atoms with Crippen molar-refractivity contribution in [2.75, 3.05) is 6.54 Å².